The third kappa shape index (κ3) is 3.48. The molecule has 4 rings (SSSR count). The minimum Gasteiger partial charge on any atom is -0.491 e. The van der Waals surface area contributed by atoms with Crippen LogP contribution in [0.4, 0.5) is 0 Å². The number of piperazine rings is 1. The molecule has 2 fully saturated rings. The van der Waals surface area contributed by atoms with Crippen LogP contribution in [0.15, 0.2) is 17.4 Å². The minimum absolute atomic E-state index is 0.632. The summed E-state index contributed by atoms with van der Waals surface area (Å²) in [5, 5.41) is 5.29. The first-order valence-corrected chi connectivity index (χ1v) is 9.57. The monoisotopic (exact) mass is 359 g/mol. The van der Waals surface area contributed by atoms with Gasteiger partial charge in [-0.05, 0) is 50.2 Å². The van der Waals surface area contributed by atoms with Crippen molar-refractivity contribution in [3.63, 3.8) is 0 Å². The number of nitrogens with one attached hydrogen (secondary N) is 1. The molecule has 0 radical (unpaired) electrons. The van der Waals surface area contributed by atoms with Gasteiger partial charge in [-0.2, -0.15) is 5.10 Å². The number of hydrogen-bond acceptors (Lipinski definition) is 5. The summed E-state index contributed by atoms with van der Waals surface area (Å²) in [6, 6.07) is 2.60. The van der Waals surface area contributed by atoms with Crippen LogP contribution in [0.1, 0.15) is 36.9 Å². The molecule has 2 saturated heterocycles. The standard InChI is InChI=1S/C18H25N5OS/c1-13-5-7-19-16-15(6-11-24-17(13)16)20-21-18(25)23-10-9-22-8-3-2-4-14(22)12-23/h5,7,14H,2-4,6,8-12H2,1H3,(H,21,25)/b20-15-. The quantitative estimate of drug-likeness (QED) is 0.611. The Bertz CT molecular complexity index is 692. The van der Waals surface area contributed by atoms with Gasteiger partial charge in [0.1, 0.15) is 11.4 Å². The summed E-state index contributed by atoms with van der Waals surface area (Å²) in [7, 11) is 0. The van der Waals surface area contributed by atoms with Crippen LogP contribution in [0.5, 0.6) is 5.75 Å². The van der Waals surface area contributed by atoms with E-state index < -0.39 is 0 Å². The van der Waals surface area contributed by atoms with Crippen LogP contribution in [0.3, 0.4) is 0 Å². The fourth-order valence-electron chi connectivity index (χ4n) is 3.94. The molecule has 6 nitrogen and oxygen atoms in total. The average Bonchev–Trinajstić information content (AvgIpc) is 2.66. The van der Waals surface area contributed by atoms with Gasteiger partial charge in [0.2, 0.25) is 0 Å². The maximum Gasteiger partial charge on any atom is 0.189 e. The number of ether oxygens (including phenoxy) is 1. The van der Waals surface area contributed by atoms with E-state index in [4.69, 9.17) is 17.0 Å². The van der Waals surface area contributed by atoms with Crippen LogP contribution in [-0.4, -0.2) is 64.4 Å². The first-order valence-electron chi connectivity index (χ1n) is 9.16. The number of fused-ring (bicyclic) bond motifs is 2. The van der Waals surface area contributed by atoms with Gasteiger partial charge in [0.15, 0.2) is 5.11 Å². The van der Waals surface area contributed by atoms with Crippen molar-refractivity contribution in [1.29, 1.82) is 0 Å². The molecule has 0 aromatic carbocycles. The van der Waals surface area contributed by atoms with Crippen molar-refractivity contribution >= 4 is 23.0 Å². The van der Waals surface area contributed by atoms with Crippen LogP contribution in [0.2, 0.25) is 0 Å². The van der Waals surface area contributed by atoms with Gasteiger partial charge in [0.05, 0.1) is 12.3 Å². The highest BCUT2D eigenvalue weighted by atomic mass is 32.1. The number of rotatable bonds is 1. The Morgan fingerprint density at radius 3 is 3.20 bits per heavy atom. The predicted octanol–water partition coefficient (Wildman–Crippen LogP) is 1.92. The van der Waals surface area contributed by atoms with Crippen LogP contribution >= 0.6 is 12.2 Å². The van der Waals surface area contributed by atoms with Crippen LogP contribution in [0, 0.1) is 6.92 Å². The Labute approximate surface area is 154 Å². The van der Waals surface area contributed by atoms with Crippen LogP contribution < -0.4 is 10.2 Å². The molecule has 0 aliphatic carbocycles. The minimum atomic E-state index is 0.632. The van der Waals surface area contributed by atoms with Gasteiger partial charge in [-0.25, -0.2) is 0 Å². The summed E-state index contributed by atoms with van der Waals surface area (Å²) in [5.41, 5.74) is 5.95. The number of thiocarbonyl (C=S) groups is 1. The molecule has 25 heavy (non-hydrogen) atoms. The van der Waals surface area contributed by atoms with Gasteiger partial charge in [-0.15, -0.1) is 0 Å². The molecular formula is C18H25N5OS. The Balaban J connectivity index is 1.42. The molecule has 134 valence electrons. The predicted molar refractivity (Wildman–Crippen MR) is 102 cm³/mol. The molecular weight excluding hydrogens is 334 g/mol. The summed E-state index contributed by atoms with van der Waals surface area (Å²) >= 11 is 5.60. The molecule has 3 aliphatic rings. The van der Waals surface area contributed by atoms with Crippen molar-refractivity contribution in [3.8, 4) is 5.75 Å². The molecule has 0 saturated carbocycles. The number of aromatic nitrogens is 1. The molecule has 7 heteroatoms. The van der Waals surface area contributed by atoms with Gasteiger partial charge in [-0.3, -0.25) is 15.3 Å². The van der Waals surface area contributed by atoms with E-state index >= 15 is 0 Å². The second-order valence-electron chi connectivity index (χ2n) is 7.01. The zero-order valence-electron chi connectivity index (χ0n) is 14.7. The molecule has 1 N–H and O–H groups in total. The first-order chi connectivity index (χ1) is 12.2. The highest BCUT2D eigenvalue weighted by Gasteiger charge is 2.30. The van der Waals surface area contributed by atoms with Gasteiger partial charge in [0.25, 0.3) is 0 Å². The van der Waals surface area contributed by atoms with Crippen LogP contribution in [0.25, 0.3) is 0 Å². The van der Waals surface area contributed by atoms with E-state index in [1.165, 1.54) is 25.8 Å². The van der Waals surface area contributed by atoms with Crippen molar-refractivity contribution < 1.29 is 4.74 Å². The van der Waals surface area contributed by atoms with Gasteiger partial charge >= 0.3 is 0 Å². The highest BCUT2D eigenvalue weighted by Crippen LogP contribution is 2.26. The van der Waals surface area contributed by atoms with Crippen molar-refractivity contribution in [2.24, 2.45) is 5.10 Å². The number of nitrogens with zero attached hydrogens (tertiary/aromatic N) is 4. The van der Waals surface area contributed by atoms with E-state index in [1.54, 1.807) is 6.20 Å². The lowest BCUT2D eigenvalue weighted by molar-refractivity contribution is 0.0799. The summed E-state index contributed by atoms with van der Waals surface area (Å²) in [4.78, 5) is 9.31. The largest absolute Gasteiger partial charge is 0.491 e. The average molecular weight is 359 g/mol. The zero-order valence-corrected chi connectivity index (χ0v) is 15.5. The number of pyridine rings is 1. The number of piperidine rings is 1. The Morgan fingerprint density at radius 2 is 2.28 bits per heavy atom. The maximum atomic E-state index is 5.75. The van der Waals surface area contributed by atoms with E-state index in [1.807, 2.05) is 13.0 Å². The highest BCUT2D eigenvalue weighted by molar-refractivity contribution is 7.80. The first kappa shape index (κ1) is 16.7. The van der Waals surface area contributed by atoms with E-state index in [2.05, 4.69) is 25.3 Å². The molecule has 0 bridgehead atoms. The molecule has 4 heterocycles. The summed E-state index contributed by atoms with van der Waals surface area (Å²) < 4.78 is 5.75. The molecule has 0 amide bonds. The summed E-state index contributed by atoms with van der Waals surface area (Å²) in [6.07, 6.45) is 6.50. The van der Waals surface area contributed by atoms with Crippen molar-refractivity contribution in [2.45, 2.75) is 38.6 Å². The van der Waals surface area contributed by atoms with Gasteiger partial charge in [0, 0.05) is 38.3 Å². The third-order valence-corrected chi connectivity index (χ3v) is 5.72. The maximum absolute atomic E-state index is 5.75. The van der Waals surface area contributed by atoms with E-state index in [0.29, 0.717) is 12.6 Å². The molecule has 1 aromatic heterocycles. The fourth-order valence-corrected chi connectivity index (χ4v) is 4.15. The van der Waals surface area contributed by atoms with E-state index in [9.17, 15) is 0 Å². The van der Waals surface area contributed by atoms with E-state index in [-0.39, 0.29) is 0 Å². The van der Waals surface area contributed by atoms with Crippen molar-refractivity contribution in [3.05, 3.63) is 23.5 Å². The number of hydrogen-bond donors (Lipinski definition) is 1. The van der Waals surface area contributed by atoms with Crippen molar-refractivity contribution in [2.75, 3.05) is 32.8 Å². The third-order valence-electron chi connectivity index (χ3n) is 5.37. The fraction of sp³-hybridized carbons (Fsp3) is 0.611. The molecule has 1 aromatic rings. The second-order valence-corrected chi connectivity index (χ2v) is 7.40. The lowest BCUT2D eigenvalue weighted by Crippen LogP contribution is -2.57. The second kappa shape index (κ2) is 7.25. The number of hydrazone groups is 1. The van der Waals surface area contributed by atoms with Gasteiger partial charge in [-0.1, -0.05) is 6.42 Å². The molecule has 0 spiro atoms. The van der Waals surface area contributed by atoms with E-state index in [0.717, 1.165) is 53.9 Å². The van der Waals surface area contributed by atoms with Crippen LogP contribution in [-0.2, 0) is 0 Å². The lowest BCUT2D eigenvalue weighted by Gasteiger charge is -2.44. The van der Waals surface area contributed by atoms with Crippen molar-refractivity contribution in [1.82, 2.24) is 20.2 Å². The Kier molecular flexibility index (Phi) is 4.85. The number of aryl methyl sites for hydroxylation is 1. The molecule has 1 atom stereocenters. The topological polar surface area (TPSA) is 53.0 Å². The van der Waals surface area contributed by atoms with Gasteiger partial charge < -0.3 is 9.64 Å². The smallest absolute Gasteiger partial charge is 0.189 e. The normalized spacial score (nSPS) is 25.1. The zero-order chi connectivity index (χ0) is 17.2. The summed E-state index contributed by atoms with van der Waals surface area (Å²) in [6.45, 7) is 6.99. The Morgan fingerprint density at radius 1 is 1.36 bits per heavy atom. The molecule has 1 unspecified atom stereocenters. The lowest BCUT2D eigenvalue weighted by atomic mass is 10.00. The summed E-state index contributed by atoms with van der Waals surface area (Å²) in [5.74, 6) is 0.844. The SMILES string of the molecule is Cc1ccnc2c1OCC/C2=N/NC(=S)N1CCN2CCCCC2C1. The Hall–Kier alpha value is -1.73. The molecule has 3 aliphatic heterocycles.